The number of benzene rings is 1. The average molecular weight is 193 g/mol. The van der Waals surface area contributed by atoms with Gasteiger partial charge in [-0.1, -0.05) is 24.3 Å². The van der Waals surface area contributed by atoms with E-state index in [2.05, 4.69) is 0 Å². The first-order valence-electron chi connectivity index (χ1n) is 3.87. The van der Waals surface area contributed by atoms with Crippen molar-refractivity contribution in [3.8, 4) is 0 Å². The van der Waals surface area contributed by atoms with Gasteiger partial charge < -0.3 is 10.0 Å². The Morgan fingerprint density at radius 2 is 1.86 bits per heavy atom. The van der Waals surface area contributed by atoms with Crippen LogP contribution < -0.4 is 5.46 Å². The first-order chi connectivity index (χ1) is 6.59. The molecule has 0 aliphatic heterocycles. The van der Waals surface area contributed by atoms with E-state index in [0.29, 0.717) is 11.0 Å². The lowest BCUT2D eigenvalue weighted by atomic mass is 9.80. The van der Waals surface area contributed by atoms with Crippen LogP contribution >= 0.6 is 0 Å². The summed E-state index contributed by atoms with van der Waals surface area (Å²) in [4.78, 5) is 9.43. The van der Waals surface area contributed by atoms with E-state index < -0.39 is 12.0 Å². The molecule has 0 radical (unpaired) electrons. The van der Waals surface area contributed by atoms with E-state index in [1.54, 1.807) is 12.1 Å². The molecule has 0 spiro atoms. The van der Waals surface area contributed by atoms with Crippen molar-refractivity contribution in [2.45, 2.75) is 0 Å². The van der Waals surface area contributed by atoms with Gasteiger partial charge in [0.15, 0.2) is 0 Å². The molecular formula is C8H8BNO4. The Morgan fingerprint density at radius 1 is 1.29 bits per heavy atom. The van der Waals surface area contributed by atoms with Crippen molar-refractivity contribution in [1.29, 1.82) is 0 Å². The van der Waals surface area contributed by atoms with Crippen molar-refractivity contribution < 1.29 is 15.0 Å². The zero-order valence-corrected chi connectivity index (χ0v) is 7.20. The quantitative estimate of drug-likeness (QED) is 0.389. The fourth-order valence-corrected chi connectivity index (χ4v) is 0.926. The molecule has 1 aromatic carbocycles. The number of rotatable bonds is 3. The highest BCUT2D eigenvalue weighted by Crippen LogP contribution is 1.99. The molecule has 0 saturated heterocycles. The molecule has 6 heteroatoms. The molecule has 72 valence electrons. The predicted molar refractivity (Wildman–Crippen MR) is 52.3 cm³/mol. The lowest BCUT2D eigenvalue weighted by molar-refractivity contribution is -0.400. The van der Waals surface area contributed by atoms with Crippen molar-refractivity contribution >= 4 is 18.7 Å². The standard InChI is InChI=1S/C8H8BNO4/c11-9(12)8-3-1-7(2-4-8)5-6-10(13)14/h1-6,11-12H/b6-5-. The maximum absolute atomic E-state index is 9.99. The minimum atomic E-state index is -1.51. The zero-order chi connectivity index (χ0) is 10.6. The highest BCUT2D eigenvalue weighted by molar-refractivity contribution is 6.58. The van der Waals surface area contributed by atoms with Crippen LogP contribution in [0.5, 0.6) is 0 Å². The molecule has 0 heterocycles. The maximum Gasteiger partial charge on any atom is 0.488 e. The van der Waals surface area contributed by atoms with Crippen molar-refractivity contribution in [2.75, 3.05) is 0 Å². The number of nitro groups is 1. The second kappa shape index (κ2) is 4.54. The summed E-state index contributed by atoms with van der Waals surface area (Å²) in [6, 6.07) is 6.11. The molecule has 0 fully saturated rings. The highest BCUT2D eigenvalue weighted by atomic mass is 16.6. The summed E-state index contributed by atoms with van der Waals surface area (Å²) in [5.74, 6) is 0. The van der Waals surface area contributed by atoms with Crippen LogP contribution in [0, 0.1) is 10.1 Å². The molecule has 0 unspecified atom stereocenters. The summed E-state index contributed by atoms with van der Waals surface area (Å²) in [5.41, 5.74) is 0.981. The molecule has 0 aromatic heterocycles. The maximum atomic E-state index is 9.99. The fraction of sp³-hybridized carbons (Fsp3) is 0. The van der Waals surface area contributed by atoms with Crippen molar-refractivity contribution in [2.24, 2.45) is 0 Å². The van der Waals surface area contributed by atoms with E-state index in [9.17, 15) is 10.1 Å². The Balaban J connectivity index is 2.78. The Kier molecular flexibility index (Phi) is 3.38. The van der Waals surface area contributed by atoms with Crippen LogP contribution in [0.25, 0.3) is 6.08 Å². The number of hydrogen-bond donors (Lipinski definition) is 2. The van der Waals surface area contributed by atoms with Gasteiger partial charge >= 0.3 is 7.12 Å². The third kappa shape index (κ3) is 3.00. The molecule has 0 aliphatic rings. The van der Waals surface area contributed by atoms with Crippen LogP contribution in [0.4, 0.5) is 0 Å². The van der Waals surface area contributed by atoms with Crippen LogP contribution in [0.15, 0.2) is 30.5 Å². The molecule has 1 rings (SSSR count). The van der Waals surface area contributed by atoms with Crippen LogP contribution in [0.1, 0.15) is 5.56 Å². The first kappa shape index (κ1) is 10.4. The average Bonchev–Trinajstić information content (AvgIpc) is 2.15. The van der Waals surface area contributed by atoms with Crippen LogP contribution in [0.2, 0.25) is 0 Å². The molecule has 5 nitrogen and oxygen atoms in total. The van der Waals surface area contributed by atoms with Crippen LogP contribution in [0.3, 0.4) is 0 Å². The molecule has 0 bridgehead atoms. The van der Waals surface area contributed by atoms with Crippen LogP contribution in [-0.2, 0) is 0 Å². The van der Waals surface area contributed by atoms with Gasteiger partial charge in [-0.05, 0) is 11.0 Å². The lowest BCUT2D eigenvalue weighted by Crippen LogP contribution is -2.29. The van der Waals surface area contributed by atoms with E-state index in [4.69, 9.17) is 10.0 Å². The number of nitrogens with zero attached hydrogens (tertiary/aromatic N) is 1. The first-order valence-corrected chi connectivity index (χ1v) is 3.87. The minimum Gasteiger partial charge on any atom is -0.423 e. The van der Waals surface area contributed by atoms with Crippen LogP contribution in [-0.4, -0.2) is 22.1 Å². The van der Waals surface area contributed by atoms with Gasteiger partial charge in [0.2, 0.25) is 6.20 Å². The molecule has 0 saturated carbocycles. The Hall–Kier alpha value is -1.66. The zero-order valence-electron chi connectivity index (χ0n) is 7.20. The normalized spacial score (nSPS) is 10.4. The van der Waals surface area contributed by atoms with Gasteiger partial charge in [-0.15, -0.1) is 0 Å². The Bertz CT molecular complexity index is 347. The summed E-state index contributed by atoms with van der Waals surface area (Å²) in [5, 5.41) is 27.5. The van der Waals surface area contributed by atoms with Crippen molar-refractivity contribution in [3.63, 3.8) is 0 Å². The molecule has 0 amide bonds. The second-order valence-electron chi connectivity index (χ2n) is 2.64. The van der Waals surface area contributed by atoms with Gasteiger partial charge in [0.25, 0.3) is 0 Å². The van der Waals surface area contributed by atoms with E-state index in [1.807, 2.05) is 0 Å². The third-order valence-electron chi connectivity index (χ3n) is 1.62. The summed E-state index contributed by atoms with van der Waals surface area (Å²) in [6.07, 6.45) is 2.15. The van der Waals surface area contributed by atoms with Gasteiger partial charge in [0.1, 0.15) is 0 Å². The summed E-state index contributed by atoms with van der Waals surface area (Å²) < 4.78 is 0. The predicted octanol–water partition coefficient (Wildman–Crippen LogP) is -0.386. The molecule has 14 heavy (non-hydrogen) atoms. The van der Waals surface area contributed by atoms with Crippen molar-refractivity contribution in [1.82, 2.24) is 0 Å². The highest BCUT2D eigenvalue weighted by Gasteiger charge is 2.08. The van der Waals surface area contributed by atoms with Crippen molar-refractivity contribution in [3.05, 3.63) is 46.1 Å². The fourth-order valence-electron chi connectivity index (χ4n) is 0.926. The van der Waals surface area contributed by atoms with E-state index in [1.165, 1.54) is 18.2 Å². The summed E-state index contributed by atoms with van der Waals surface area (Å²) >= 11 is 0. The molecule has 0 aliphatic carbocycles. The third-order valence-corrected chi connectivity index (χ3v) is 1.62. The minimum absolute atomic E-state index is 0.350. The van der Waals surface area contributed by atoms with Gasteiger partial charge in [-0.3, -0.25) is 10.1 Å². The SMILES string of the molecule is O=[N+]([O-])/C=C\c1ccc(B(O)O)cc1. The Labute approximate surface area is 80.6 Å². The van der Waals surface area contributed by atoms with E-state index in [-0.39, 0.29) is 0 Å². The second-order valence-corrected chi connectivity index (χ2v) is 2.64. The Morgan fingerprint density at radius 3 is 2.29 bits per heavy atom. The lowest BCUT2D eigenvalue weighted by Gasteiger charge is -1.98. The summed E-state index contributed by atoms with van der Waals surface area (Å²) in [6.45, 7) is 0. The monoisotopic (exact) mass is 193 g/mol. The van der Waals surface area contributed by atoms with Gasteiger partial charge in [0, 0.05) is 6.08 Å². The largest absolute Gasteiger partial charge is 0.488 e. The van der Waals surface area contributed by atoms with Gasteiger partial charge in [-0.2, -0.15) is 0 Å². The summed E-state index contributed by atoms with van der Waals surface area (Å²) in [7, 11) is -1.51. The van der Waals surface area contributed by atoms with E-state index in [0.717, 1.165) is 6.20 Å². The number of hydrogen-bond acceptors (Lipinski definition) is 4. The molecule has 0 atom stereocenters. The molecule has 1 aromatic rings. The topological polar surface area (TPSA) is 83.6 Å². The van der Waals surface area contributed by atoms with Gasteiger partial charge in [0.05, 0.1) is 4.92 Å². The smallest absolute Gasteiger partial charge is 0.423 e. The van der Waals surface area contributed by atoms with E-state index >= 15 is 0 Å². The van der Waals surface area contributed by atoms with Gasteiger partial charge in [-0.25, -0.2) is 0 Å². The molecular weight excluding hydrogens is 185 g/mol. The molecule has 2 N–H and O–H groups in total.